The van der Waals surface area contributed by atoms with Crippen LogP contribution in [0.5, 0.6) is 0 Å². The minimum absolute atomic E-state index is 0.0230. The predicted molar refractivity (Wildman–Crippen MR) is 281 cm³/mol. The van der Waals surface area contributed by atoms with Crippen molar-refractivity contribution in [3.05, 3.63) is 235 Å². The van der Waals surface area contributed by atoms with Crippen LogP contribution in [0.3, 0.4) is 0 Å². The molecule has 2 atom stereocenters. The number of aryl methyl sites for hydroxylation is 3. The minimum Gasteiger partial charge on any atom is -0.359 e. The van der Waals surface area contributed by atoms with Crippen LogP contribution < -0.4 is 15.5 Å². The minimum atomic E-state index is -0.242. The van der Waals surface area contributed by atoms with Gasteiger partial charge < -0.3 is 14.8 Å². The van der Waals surface area contributed by atoms with Crippen molar-refractivity contribution in [2.75, 3.05) is 4.90 Å². The molecule has 66 heavy (non-hydrogen) atoms. The molecule has 2 N–H and O–H groups in total. The molecule has 0 fully saturated rings. The van der Waals surface area contributed by atoms with E-state index in [2.05, 4.69) is 253 Å². The van der Waals surface area contributed by atoms with Gasteiger partial charge in [-0.15, -0.1) is 11.3 Å². The number of hydrogen-bond donors (Lipinski definition) is 2. The van der Waals surface area contributed by atoms with Crippen molar-refractivity contribution in [3.63, 3.8) is 0 Å². The maximum Gasteiger partial charge on any atom is 0.160 e. The van der Waals surface area contributed by atoms with Gasteiger partial charge in [-0.2, -0.15) is 0 Å². The van der Waals surface area contributed by atoms with Crippen molar-refractivity contribution >= 4 is 64.7 Å². The Hall–Kier alpha value is -7.70. The van der Waals surface area contributed by atoms with E-state index in [-0.39, 0.29) is 12.3 Å². The van der Waals surface area contributed by atoms with Crippen molar-refractivity contribution in [3.8, 4) is 39.1 Å². The van der Waals surface area contributed by atoms with Gasteiger partial charge >= 0.3 is 0 Å². The number of nitrogens with one attached hydrogen (secondary N) is 2. The normalized spacial score (nSPS) is 14.9. The smallest absolute Gasteiger partial charge is 0.160 e. The van der Waals surface area contributed by atoms with Crippen LogP contribution >= 0.6 is 11.3 Å². The number of anilines is 2. The Bertz CT molecular complexity index is 3630. The molecule has 2 aromatic heterocycles. The first-order valence-electron chi connectivity index (χ1n) is 22.8. The lowest BCUT2D eigenvalue weighted by Crippen LogP contribution is -2.54. The number of nitrogens with zero attached hydrogens (tertiary/aromatic N) is 2. The van der Waals surface area contributed by atoms with E-state index in [0.29, 0.717) is 0 Å². The van der Waals surface area contributed by atoms with Gasteiger partial charge in [0.25, 0.3) is 0 Å². The summed E-state index contributed by atoms with van der Waals surface area (Å²) < 4.78 is 5.01. The summed E-state index contributed by atoms with van der Waals surface area (Å²) in [5.41, 5.74) is 18.0. The molecule has 1 aliphatic heterocycles. The zero-order valence-electron chi connectivity index (χ0n) is 37.2. The van der Waals surface area contributed by atoms with E-state index in [9.17, 15) is 0 Å². The Balaban J connectivity index is 0.914. The average molecular weight is 869 g/mol. The van der Waals surface area contributed by atoms with Gasteiger partial charge in [0, 0.05) is 48.0 Å². The second kappa shape index (κ2) is 16.4. The lowest BCUT2D eigenvalue weighted by Gasteiger charge is -2.39. The first-order chi connectivity index (χ1) is 32.4. The van der Waals surface area contributed by atoms with Crippen LogP contribution in [-0.2, 0) is 0 Å². The Morgan fingerprint density at radius 1 is 0.470 bits per heavy atom. The lowest BCUT2D eigenvalue weighted by atomic mass is 9.97. The highest BCUT2D eigenvalue weighted by Crippen LogP contribution is 2.41. The molecule has 2 unspecified atom stereocenters. The second-order valence-electron chi connectivity index (χ2n) is 17.7. The van der Waals surface area contributed by atoms with E-state index in [1.165, 1.54) is 103 Å². The Labute approximate surface area is 389 Å². The van der Waals surface area contributed by atoms with Gasteiger partial charge in [-0.25, -0.2) is 0 Å². The van der Waals surface area contributed by atoms with Crippen LogP contribution in [0.4, 0.5) is 11.4 Å². The van der Waals surface area contributed by atoms with Gasteiger partial charge in [-0.1, -0.05) is 127 Å². The molecule has 12 rings (SSSR count). The molecular formula is C61H48N4S. The van der Waals surface area contributed by atoms with E-state index >= 15 is 0 Å². The van der Waals surface area contributed by atoms with Crippen LogP contribution in [-0.4, -0.2) is 10.9 Å². The molecule has 5 heteroatoms. The molecule has 0 spiro atoms. The fourth-order valence-corrected chi connectivity index (χ4v) is 11.3. The number of fused-ring (bicyclic) bond motifs is 6. The third kappa shape index (κ3) is 7.14. The summed E-state index contributed by atoms with van der Waals surface area (Å²) >= 11 is 1.85. The number of aromatic nitrogens is 1. The highest BCUT2D eigenvalue weighted by Gasteiger charge is 2.28. The first kappa shape index (κ1) is 39.9. The summed E-state index contributed by atoms with van der Waals surface area (Å²) in [6.45, 7) is 6.61. The molecule has 9 aromatic carbocycles. The number of para-hydroxylation sites is 1. The molecule has 1 aliphatic rings. The zero-order chi connectivity index (χ0) is 44.3. The van der Waals surface area contributed by atoms with Crippen LogP contribution in [0.2, 0.25) is 0 Å². The number of rotatable bonds is 8. The molecule has 0 aliphatic carbocycles. The topological polar surface area (TPSA) is 32.2 Å². The van der Waals surface area contributed by atoms with Gasteiger partial charge in [0.15, 0.2) is 6.29 Å². The molecular weight excluding hydrogens is 821 g/mol. The number of hydrogen-bond acceptors (Lipinski definition) is 4. The standard InChI is InChI=1S/C61H48N4S/c1-39-32-40(2)34-50(33-39)64-57-18-9-7-16-51(57)53-37-47(25-28-58(53)64)46-24-27-56(41(3)35-46)65(49-26-29-60-54(38-49)52-17-8-10-19-59(52)66-60)61-62-31-30-55(63-61)48-15-11-14-45(36-48)44-22-20-43(21-23-44)42-12-5-4-6-13-42/h4-38,55,61-63H,1-3H3. The molecule has 3 heterocycles. The van der Waals surface area contributed by atoms with Crippen LogP contribution in [0, 0.1) is 20.8 Å². The number of thiophene rings is 1. The molecule has 318 valence electrons. The summed E-state index contributed by atoms with van der Waals surface area (Å²) in [4.78, 5) is 2.44. The quantitative estimate of drug-likeness (QED) is 0.160. The predicted octanol–water partition coefficient (Wildman–Crippen LogP) is 15.9. The largest absolute Gasteiger partial charge is 0.359 e. The van der Waals surface area contributed by atoms with Gasteiger partial charge in [-0.05, 0) is 161 Å². The molecule has 11 aromatic rings. The summed E-state index contributed by atoms with van der Waals surface area (Å²) in [7, 11) is 0. The molecule has 0 bridgehead atoms. The van der Waals surface area contributed by atoms with Crippen molar-refractivity contribution < 1.29 is 0 Å². The van der Waals surface area contributed by atoms with E-state index in [1.54, 1.807) is 0 Å². The Morgan fingerprint density at radius 3 is 1.92 bits per heavy atom. The van der Waals surface area contributed by atoms with Crippen molar-refractivity contribution in [1.29, 1.82) is 0 Å². The maximum absolute atomic E-state index is 4.02. The lowest BCUT2D eigenvalue weighted by molar-refractivity contribution is 0.424. The highest BCUT2D eigenvalue weighted by atomic mass is 32.1. The second-order valence-corrected chi connectivity index (χ2v) is 18.8. The third-order valence-corrected chi connectivity index (χ3v) is 14.4. The van der Waals surface area contributed by atoms with Gasteiger partial charge in [0.1, 0.15) is 0 Å². The van der Waals surface area contributed by atoms with E-state index in [0.717, 1.165) is 11.4 Å². The first-order valence-corrected chi connectivity index (χ1v) is 23.6. The summed E-state index contributed by atoms with van der Waals surface area (Å²) in [5.74, 6) is 0. The van der Waals surface area contributed by atoms with Crippen molar-refractivity contribution in [2.24, 2.45) is 0 Å². The van der Waals surface area contributed by atoms with Crippen molar-refractivity contribution in [1.82, 2.24) is 15.2 Å². The fraction of sp³-hybridized carbons (Fsp3) is 0.0820. The zero-order valence-corrected chi connectivity index (χ0v) is 38.0. The van der Waals surface area contributed by atoms with Gasteiger partial charge in [0.2, 0.25) is 0 Å². The van der Waals surface area contributed by atoms with E-state index in [1.807, 2.05) is 11.3 Å². The molecule has 0 saturated carbocycles. The SMILES string of the molecule is Cc1cc(C)cc(-n2c3ccccc3c3cc(-c4ccc(N(c5ccc6sc7ccccc7c6c5)C5NC=CC(c6cccc(-c7ccc(-c8ccccc8)cc7)c6)N5)c(C)c4)ccc32)c1. The summed E-state index contributed by atoms with van der Waals surface area (Å²) in [6.07, 6.45) is 4.10. The van der Waals surface area contributed by atoms with Crippen molar-refractivity contribution in [2.45, 2.75) is 33.1 Å². The molecule has 0 saturated heterocycles. The Kier molecular flexibility index (Phi) is 9.89. The van der Waals surface area contributed by atoms with Crippen LogP contribution in [0.25, 0.3) is 81.0 Å². The summed E-state index contributed by atoms with van der Waals surface area (Å²) in [6, 6.07) is 73.6. The van der Waals surface area contributed by atoms with Gasteiger partial charge in [-0.3, -0.25) is 5.32 Å². The highest BCUT2D eigenvalue weighted by molar-refractivity contribution is 7.25. The molecule has 4 nitrogen and oxygen atoms in total. The molecule has 0 amide bonds. The molecule has 0 radical (unpaired) electrons. The maximum atomic E-state index is 4.02. The third-order valence-electron chi connectivity index (χ3n) is 13.3. The van der Waals surface area contributed by atoms with E-state index < -0.39 is 0 Å². The van der Waals surface area contributed by atoms with Crippen LogP contribution in [0.15, 0.2) is 212 Å². The van der Waals surface area contributed by atoms with Gasteiger partial charge in [0.05, 0.1) is 17.1 Å². The van der Waals surface area contributed by atoms with Crippen LogP contribution in [0.1, 0.15) is 28.3 Å². The fourth-order valence-electron chi connectivity index (χ4n) is 10.2. The van der Waals surface area contributed by atoms with E-state index in [4.69, 9.17) is 0 Å². The average Bonchev–Trinajstić information content (AvgIpc) is 3.90. The Morgan fingerprint density at radius 2 is 1.11 bits per heavy atom. The monoisotopic (exact) mass is 868 g/mol. The number of benzene rings is 9. The summed E-state index contributed by atoms with van der Waals surface area (Å²) in [5, 5.41) is 12.8.